The minimum Gasteiger partial charge on any atom is -0.494 e. The first-order valence-electron chi connectivity index (χ1n) is 10.2. The Kier molecular flexibility index (Phi) is 7.01. The molecule has 0 atom stereocenters. The third-order valence-corrected chi connectivity index (χ3v) is 6.25. The van der Waals surface area contributed by atoms with Crippen LogP contribution in [-0.2, 0) is 0 Å². The van der Waals surface area contributed by atoms with Gasteiger partial charge in [0.1, 0.15) is 11.9 Å². The zero-order valence-electron chi connectivity index (χ0n) is 17.8. The maximum atomic E-state index is 14.9. The van der Waals surface area contributed by atoms with E-state index in [0.29, 0.717) is 23.7 Å². The van der Waals surface area contributed by atoms with Crippen LogP contribution in [0.15, 0.2) is 18.5 Å². The fourth-order valence-corrected chi connectivity index (χ4v) is 4.38. The van der Waals surface area contributed by atoms with E-state index in [0.717, 1.165) is 24.2 Å². The van der Waals surface area contributed by atoms with Gasteiger partial charge < -0.3 is 14.6 Å². The molecule has 1 aliphatic carbocycles. The van der Waals surface area contributed by atoms with Gasteiger partial charge in [-0.3, -0.25) is 15.1 Å². The summed E-state index contributed by atoms with van der Waals surface area (Å²) < 4.78 is 26.0. The van der Waals surface area contributed by atoms with E-state index in [9.17, 15) is 14.3 Å². The summed E-state index contributed by atoms with van der Waals surface area (Å²) in [5.74, 6) is -1.24. The minimum atomic E-state index is -0.806. The molecule has 1 fully saturated rings. The quantitative estimate of drug-likeness (QED) is 0.494. The minimum absolute atomic E-state index is 0.00826. The summed E-state index contributed by atoms with van der Waals surface area (Å²) in [4.78, 5) is 21.0. The first-order chi connectivity index (χ1) is 15.9. The number of hydrogen-bond acceptors (Lipinski definition) is 9. The number of carbonyl (C=O) groups excluding carboxylic acids is 1. The number of anilines is 1. The predicted molar refractivity (Wildman–Crippen MR) is 120 cm³/mol. The maximum Gasteiger partial charge on any atom is 0.296 e. The Labute approximate surface area is 198 Å². The van der Waals surface area contributed by atoms with Crippen molar-refractivity contribution >= 4 is 34.0 Å². The average Bonchev–Trinajstić information content (AvgIpc) is 3.23. The predicted octanol–water partition coefficient (Wildman–Crippen LogP) is 4.04. The molecule has 0 aliphatic heterocycles. The highest BCUT2D eigenvalue weighted by molar-refractivity contribution is 7.17. The van der Waals surface area contributed by atoms with Crippen molar-refractivity contribution in [1.82, 2.24) is 20.2 Å². The lowest BCUT2D eigenvalue weighted by molar-refractivity contribution is 0.0661. The number of pyridine rings is 2. The third-order valence-electron chi connectivity index (χ3n) is 5.25. The normalized spacial score (nSPS) is 18.1. The Bertz CT molecular complexity index is 1170. The monoisotopic (exact) mass is 493 g/mol. The molecule has 33 heavy (non-hydrogen) atoms. The molecule has 0 spiro atoms. The van der Waals surface area contributed by atoms with Crippen LogP contribution >= 0.6 is 22.9 Å². The number of aryl methyl sites for hydroxylation is 1. The van der Waals surface area contributed by atoms with Crippen molar-refractivity contribution in [1.29, 1.82) is 0 Å². The number of ether oxygens (including phenoxy) is 2. The van der Waals surface area contributed by atoms with Crippen molar-refractivity contribution in [3.63, 3.8) is 0 Å². The van der Waals surface area contributed by atoms with Crippen LogP contribution in [0.2, 0.25) is 5.15 Å². The molecule has 1 amide bonds. The maximum absolute atomic E-state index is 14.9. The van der Waals surface area contributed by atoms with Gasteiger partial charge in [0.2, 0.25) is 5.13 Å². The molecule has 3 aromatic heterocycles. The Hall–Kier alpha value is -2.89. The fraction of sp³-hybridized carbons (Fsp3) is 0.381. The molecule has 9 nitrogen and oxygen atoms in total. The lowest BCUT2D eigenvalue weighted by Gasteiger charge is -2.24. The van der Waals surface area contributed by atoms with Crippen LogP contribution in [0.4, 0.5) is 9.52 Å². The number of amides is 1. The molecular weight excluding hydrogens is 473 g/mol. The lowest BCUT2D eigenvalue weighted by Crippen LogP contribution is -2.26. The summed E-state index contributed by atoms with van der Waals surface area (Å²) in [6.45, 7) is 1.72. The summed E-state index contributed by atoms with van der Waals surface area (Å²) in [6.07, 6.45) is 5.10. The van der Waals surface area contributed by atoms with Crippen LogP contribution in [0.5, 0.6) is 10.9 Å². The van der Waals surface area contributed by atoms with Gasteiger partial charge in [0.05, 0.1) is 30.5 Å². The van der Waals surface area contributed by atoms with E-state index in [-0.39, 0.29) is 44.9 Å². The number of rotatable bonds is 6. The van der Waals surface area contributed by atoms with Gasteiger partial charge in [0.25, 0.3) is 11.1 Å². The van der Waals surface area contributed by atoms with Crippen molar-refractivity contribution in [2.24, 2.45) is 0 Å². The molecule has 174 valence electrons. The molecule has 4 rings (SSSR count). The van der Waals surface area contributed by atoms with E-state index < -0.39 is 11.7 Å². The number of carbonyl (C=O) groups is 1. The average molecular weight is 494 g/mol. The summed E-state index contributed by atoms with van der Waals surface area (Å²) >= 11 is 6.96. The van der Waals surface area contributed by atoms with Crippen LogP contribution in [-0.4, -0.2) is 50.5 Å². The van der Waals surface area contributed by atoms with Crippen LogP contribution < -0.4 is 14.8 Å². The van der Waals surface area contributed by atoms with Crippen LogP contribution in [0.3, 0.4) is 0 Å². The summed E-state index contributed by atoms with van der Waals surface area (Å²) in [5, 5.41) is 20.4. The highest BCUT2D eigenvalue weighted by atomic mass is 35.5. The second kappa shape index (κ2) is 9.94. The summed E-state index contributed by atoms with van der Waals surface area (Å²) in [6, 6.07) is 1.57. The molecule has 1 aliphatic rings. The van der Waals surface area contributed by atoms with E-state index in [1.807, 2.05) is 0 Å². The first-order valence-corrected chi connectivity index (χ1v) is 11.4. The first kappa shape index (κ1) is 23.3. The van der Waals surface area contributed by atoms with Crippen molar-refractivity contribution in [2.75, 3.05) is 12.4 Å². The largest absolute Gasteiger partial charge is 0.494 e. The smallest absolute Gasteiger partial charge is 0.296 e. The summed E-state index contributed by atoms with van der Waals surface area (Å²) in [5.41, 5.74) is 0.925. The lowest BCUT2D eigenvalue weighted by atomic mass is 9.95. The zero-order chi connectivity index (χ0) is 23.5. The van der Waals surface area contributed by atoms with Crippen LogP contribution in [0.25, 0.3) is 11.1 Å². The van der Waals surface area contributed by atoms with Crippen molar-refractivity contribution in [3.8, 4) is 22.1 Å². The van der Waals surface area contributed by atoms with Gasteiger partial charge in [0, 0.05) is 17.5 Å². The van der Waals surface area contributed by atoms with Gasteiger partial charge in [-0.05, 0) is 50.0 Å². The van der Waals surface area contributed by atoms with Crippen LogP contribution in [0, 0.1) is 12.7 Å². The van der Waals surface area contributed by atoms with Crippen molar-refractivity contribution in [3.05, 3.63) is 40.7 Å². The Morgan fingerprint density at radius 1 is 1.24 bits per heavy atom. The topological polar surface area (TPSA) is 119 Å². The number of halogens is 2. The van der Waals surface area contributed by atoms with Gasteiger partial charge in [0.15, 0.2) is 11.0 Å². The van der Waals surface area contributed by atoms with Crippen molar-refractivity contribution in [2.45, 2.75) is 44.8 Å². The number of methoxy groups -OCH3 is 1. The zero-order valence-corrected chi connectivity index (χ0v) is 19.4. The summed E-state index contributed by atoms with van der Waals surface area (Å²) in [7, 11) is 1.37. The SMILES string of the molecule is COc1cnc(Cl)c(F)c1-c1cc(C)ncc1C(=O)Nc1nnc(OC2CCC(O)CC2)s1. The van der Waals surface area contributed by atoms with Gasteiger partial charge in [-0.2, -0.15) is 0 Å². The highest BCUT2D eigenvalue weighted by Crippen LogP contribution is 2.37. The highest BCUT2D eigenvalue weighted by Gasteiger charge is 2.25. The van der Waals surface area contributed by atoms with E-state index >= 15 is 0 Å². The standard InChI is InChI=1S/C21H21ClFN5O4S/c1-10-7-13(16-15(31-2)9-25-18(22)17(16)23)14(8-24-10)19(30)26-20-27-28-21(33-20)32-12-5-3-11(29)4-6-12/h7-9,11-12,29H,3-6H2,1-2H3,(H,26,27,30). The molecule has 0 radical (unpaired) electrons. The molecule has 0 aromatic carbocycles. The third kappa shape index (κ3) is 5.21. The van der Waals surface area contributed by atoms with E-state index in [1.165, 1.54) is 19.5 Å². The molecule has 12 heteroatoms. The van der Waals surface area contributed by atoms with Crippen LogP contribution in [0.1, 0.15) is 41.7 Å². The molecule has 0 saturated heterocycles. The molecular formula is C21H21ClFN5O4S. The molecule has 1 saturated carbocycles. The second-order valence-electron chi connectivity index (χ2n) is 7.55. The number of hydrogen-bond donors (Lipinski definition) is 2. The molecule has 0 bridgehead atoms. The Morgan fingerprint density at radius 2 is 2.00 bits per heavy atom. The van der Waals surface area contributed by atoms with Crippen molar-refractivity contribution < 1.29 is 23.8 Å². The Morgan fingerprint density at radius 3 is 2.73 bits per heavy atom. The van der Waals surface area contributed by atoms with Gasteiger partial charge >= 0.3 is 0 Å². The van der Waals surface area contributed by atoms with E-state index in [1.54, 1.807) is 13.0 Å². The number of aromatic nitrogens is 4. The number of aliphatic hydroxyl groups is 1. The number of nitrogens with zero attached hydrogens (tertiary/aromatic N) is 4. The van der Waals surface area contributed by atoms with Gasteiger partial charge in [-0.1, -0.05) is 16.7 Å². The van der Waals surface area contributed by atoms with E-state index in [2.05, 4.69) is 25.5 Å². The molecule has 0 unspecified atom stereocenters. The molecule has 3 aromatic rings. The fourth-order valence-electron chi connectivity index (χ4n) is 3.58. The van der Waals surface area contributed by atoms with Gasteiger partial charge in [-0.25, -0.2) is 9.37 Å². The van der Waals surface area contributed by atoms with E-state index in [4.69, 9.17) is 21.1 Å². The molecule has 3 heterocycles. The second-order valence-corrected chi connectivity index (χ2v) is 8.85. The van der Waals surface area contributed by atoms with Gasteiger partial charge in [-0.15, -0.1) is 5.10 Å². The number of aliphatic hydroxyl groups excluding tert-OH is 1. The molecule has 2 N–H and O–H groups in total. The number of nitrogens with one attached hydrogen (secondary N) is 1. The Balaban J connectivity index is 1.57.